The molecule has 4 fully saturated rings. The largest absolute Gasteiger partial charge is 0.679 e. The Balaban J connectivity index is 1.28. The molecule has 4 aliphatic rings. The predicted molar refractivity (Wildman–Crippen MR) is 71.2 cm³/mol. The fourth-order valence-corrected chi connectivity index (χ4v) is 5.72. The molecule has 2 aliphatic carbocycles. The quantitative estimate of drug-likeness (QED) is 0.729. The molecule has 1 spiro atoms. The highest BCUT2D eigenvalue weighted by Crippen LogP contribution is 2.40. The van der Waals surface area contributed by atoms with Gasteiger partial charge in [-0.1, -0.05) is 38.5 Å². The van der Waals surface area contributed by atoms with Crippen LogP contribution in [0.3, 0.4) is 0 Å². The number of hydrogen-bond donors (Lipinski definition) is 0. The Kier molecular flexibility index (Phi) is 3.44. The van der Waals surface area contributed by atoms with E-state index in [1.165, 1.54) is 38.5 Å². The van der Waals surface area contributed by atoms with E-state index in [0.29, 0.717) is 11.8 Å². The predicted octanol–water partition coefficient (Wildman–Crippen LogP) is 2.35. The van der Waals surface area contributed by atoms with Gasteiger partial charge in [-0.15, -0.1) is 0 Å². The first-order valence-electron chi connectivity index (χ1n) is 7.90. The minimum Gasteiger partial charge on any atom is -0.351 e. The van der Waals surface area contributed by atoms with E-state index in [-0.39, 0.29) is 0 Å². The zero-order valence-corrected chi connectivity index (χ0v) is 12.5. The summed E-state index contributed by atoms with van der Waals surface area (Å²) in [6, 6.07) is 0. The molecule has 108 valence electrons. The first-order valence-corrected chi connectivity index (χ1v) is 9.54. The van der Waals surface area contributed by atoms with Gasteiger partial charge in [-0.2, -0.15) is 0 Å². The third-order valence-corrected chi connectivity index (χ3v) is 7.61. The lowest BCUT2D eigenvalue weighted by atomic mass is 9.76. The molecule has 0 atom stereocenters. The molecular formula is C14H24O4Si. The minimum absolute atomic E-state index is 0.573. The Morgan fingerprint density at radius 1 is 0.526 bits per heavy atom. The summed E-state index contributed by atoms with van der Waals surface area (Å²) in [5.74, 6) is 2.78. The first kappa shape index (κ1) is 12.8. The van der Waals surface area contributed by atoms with Gasteiger partial charge in [-0.3, -0.25) is 0 Å². The van der Waals surface area contributed by atoms with Gasteiger partial charge in [0.05, 0.1) is 0 Å². The van der Waals surface area contributed by atoms with Gasteiger partial charge in [0.1, 0.15) is 0 Å². The summed E-state index contributed by atoms with van der Waals surface area (Å²) >= 11 is 0. The van der Waals surface area contributed by atoms with Gasteiger partial charge in [-0.25, -0.2) is 0 Å². The van der Waals surface area contributed by atoms with E-state index >= 15 is 0 Å². The molecule has 0 aromatic rings. The van der Waals surface area contributed by atoms with E-state index < -0.39 is 9.05 Å². The maximum Gasteiger partial charge on any atom is 0.679 e. The molecule has 0 aromatic carbocycles. The lowest BCUT2D eigenvalue weighted by molar-refractivity contribution is -0.135. The van der Waals surface area contributed by atoms with Crippen LogP contribution in [0, 0.1) is 23.7 Å². The molecule has 4 rings (SSSR count). The molecule has 0 unspecified atom stereocenters. The van der Waals surface area contributed by atoms with E-state index in [9.17, 15) is 0 Å². The van der Waals surface area contributed by atoms with E-state index in [1.54, 1.807) is 0 Å². The fourth-order valence-electron chi connectivity index (χ4n) is 3.55. The second-order valence-corrected chi connectivity index (χ2v) is 8.80. The van der Waals surface area contributed by atoms with Crippen molar-refractivity contribution in [2.75, 3.05) is 26.4 Å². The van der Waals surface area contributed by atoms with Crippen molar-refractivity contribution < 1.29 is 17.7 Å². The van der Waals surface area contributed by atoms with Gasteiger partial charge in [0, 0.05) is 38.3 Å². The number of rotatable bonds is 2. The first-order chi connectivity index (χ1) is 9.35. The van der Waals surface area contributed by atoms with Gasteiger partial charge in [0.2, 0.25) is 0 Å². The number of hydrogen-bond acceptors (Lipinski definition) is 4. The average molecular weight is 284 g/mol. The van der Waals surface area contributed by atoms with Crippen LogP contribution in [0.1, 0.15) is 38.5 Å². The maximum absolute atomic E-state index is 5.93. The van der Waals surface area contributed by atoms with Crippen molar-refractivity contribution >= 4 is 9.05 Å². The smallest absolute Gasteiger partial charge is 0.351 e. The SMILES string of the molecule is C1CC(C2CO[Si]3(OC2)OCC(C2CCC2)CO3)C1. The van der Waals surface area contributed by atoms with Crippen LogP contribution >= 0.6 is 0 Å². The van der Waals surface area contributed by atoms with Crippen LogP contribution < -0.4 is 0 Å². The van der Waals surface area contributed by atoms with E-state index in [2.05, 4.69) is 0 Å². The molecule has 2 saturated carbocycles. The second-order valence-electron chi connectivity index (χ2n) is 6.65. The molecule has 19 heavy (non-hydrogen) atoms. The average Bonchev–Trinajstić information content (AvgIpc) is 2.31. The lowest BCUT2D eigenvalue weighted by Gasteiger charge is -2.45. The normalized spacial score (nSPS) is 44.8. The minimum atomic E-state index is -2.72. The molecule has 0 aromatic heterocycles. The fraction of sp³-hybridized carbons (Fsp3) is 1.00. The van der Waals surface area contributed by atoms with Crippen LogP contribution in [0.25, 0.3) is 0 Å². The van der Waals surface area contributed by atoms with E-state index in [1.807, 2.05) is 0 Å². The van der Waals surface area contributed by atoms with Crippen molar-refractivity contribution in [3.63, 3.8) is 0 Å². The topological polar surface area (TPSA) is 36.9 Å². The van der Waals surface area contributed by atoms with Gasteiger partial charge in [0.15, 0.2) is 0 Å². The maximum atomic E-state index is 5.93. The molecule has 5 heteroatoms. The summed E-state index contributed by atoms with van der Waals surface area (Å²) < 4.78 is 23.7. The Hall–Kier alpha value is 0.0569. The van der Waals surface area contributed by atoms with Crippen molar-refractivity contribution in [3.8, 4) is 0 Å². The van der Waals surface area contributed by atoms with Gasteiger partial charge in [0.25, 0.3) is 0 Å². The molecular weight excluding hydrogens is 260 g/mol. The van der Waals surface area contributed by atoms with Crippen LogP contribution in [0.5, 0.6) is 0 Å². The highest BCUT2D eigenvalue weighted by atomic mass is 28.4. The summed E-state index contributed by atoms with van der Waals surface area (Å²) in [4.78, 5) is 0. The molecule has 2 heterocycles. The third-order valence-electron chi connectivity index (χ3n) is 5.53. The van der Waals surface area contributed by atoms with E-state index in [4.69, 9.17) is 17.7 Å². The van der Waals surface area contributed by atoms with Crippen molar-refractivity contribution in [3.05, 3.63) is 0 Å². The van der Waals surface area contributed by atoms with Crippen LogP contribution in [0.2, 0.25) is 0 Å². The van der Waals surface area contributed by atoms with Crippen molar-refractivity contribution in [1.29, 1.82) is 0 Å². The Morgan fingerprint density at radius 2 is 0.895 bits per heavy atom. The summed E-state index contributed by atoms with van der Waals surface area (Å²) in [6.07, 6.45) is 8.13. The summed E-state index contributed by atoms with van der Waals surface area (Å²) in [5.41, 5.74) is 0. The second kappa shape index (κ2) is 5.11. The molecule has 0 bridgehead atoms. The monoisotopic (exact) mass is 284 g/mol. The summed E-state index contributed by atoms with van der Waals surface area (Å²) in [6.45, 7) is 3.13. The van der Waals surface area contributed by atoms with Crippen LogP contribution in [-0.2, 0) is 17.7 Å². The molecule has 4 nitrogen and oxygen atoms in total. The van der Waals surface area contributed by atoms with Gasteiger partial charge in [-0.05, 0) is 11.8 Å². The Labute approximate surface area is 116 Å². The molecule has 0 amide bonds. The summed E-state index contributed by atoms with van der Waals surface area (Å²) in [5, 5.41) is 0. The van der Waals surface area contributed by atoms with Gasteiger partial charge < -0.3 is 17.7 Å². The highest BCUT2D eigenvalue weighted by Gasteiger charge is 2.54. The standard InChI is InChI=1S/C14H24O4Si/c1-3-11(4-1)13-7-15-19(16-8-13)17-9-14(10-18-19)12-5-2-6-12/h11-14H,1-10H2. The molecule has 0 N–H and O–H groups in total. The van der Waals surface area contributed by atoms with Crippen LogP contribution in [-0.4, -0.2) is 35.5 Å². The van der Waals surface area contributed by atoms with Crippen LogP contribution in [0.4, 0.5) is 0 Å². The lowest BCUT2D eigenvalue weighted by Crippen LogP contribution is -2.60. The Morgan fingerprint density at radius 3 is 1.16 bits per heavy atom. The zero-order valence-electron chi connectivity index (χ0n) is 11.5. The highest BCUT2D eigenvalue weighted by molar-refractivity contribution is 6.53. The van der Waals surface area contributed by atoms with Crippen molar-refractivity contribution in [2.24, 2.45) is 23.7 Å². The zero-order chi connectivity index (χ0) is 12.7. The molecule has 2 aliphatic heterocycles. The molecule has 0 radical (unpaired) electrons. The van der Waals surface area contributed by atoms with E-state index in [0.717, 1.165) is 38.3 Å². The Bertz CT molecular complexity index is 278. The summed E-state index contributed by atoms with van der Waals surface area (Å²) in [7, 11) is -2.72. The van der Waals surface area contributed by atoms with Crippen molar-refractivity contribution in [2.45, 2.75) is 38.5 Å². The van der Waals surface area contributed by atoms with Crippen LogP contribution in [0.15, 0.2) is 0 Å². The third kappa shape index (κ3) is 2.40. The molecule has 2 saturated heterocycles. The van der Waals surface area contributed by atoms with Crippen molar-refractivity contribution in [1.82, 2.24) is 0 Å². The van der Waals surface area contributed by atoms with Gasteiger partial charge >= 0.3 is 9.05 Å².